The zero-order valence-electron chi connectivity index (χ0n) is 9.36. The van der Waals surface area contributed by atoms with Crippen molar-refractivity contribution in [1.82, 2.24) is 9.97 Å². The van der Waals surface area contributed by atoms with Crippen molar-refractivity contribution in [2.75, 3.05) is 11.1 Å². The largest absolute Gasteiger partial charge is 0.368 e. The summed E-state index contributed by atoms with van der Waals surface area (Å²) in [5, 5.41) is 3.18. The second-order valence-electron chi connectivity index (χ2n) is 3.74. The average Bonchev–Trinajstić information content (AvgIpc) is 2.20. The molecule has 82 valence electrons. The van der Waals surface area contributed by atoms with Gasteiger partial charge in [0.1, 0.15) is 5.82 Å². The monoisotopic (exact) mass is 214 g/mol. The van der Waals surface area contributed by atoms with Gasteiger partial charge in [-0.3, -0.25) is 0 Å². The zero-order chi connectivity index (χ0) is 11.5. The predicted octanol–water partition coefficient (Wildman–Crippen LogP) is 2.42. The van der Waals surface area contributed by atoms with Crippen LogP contribution in [0, 0.1) is 13.8 Å². The van der Waals surface area contributed by atoms with Gasteiger partial charge in [0.05, 0.1) is 0 Å². The van der Waals surface area contributed by atoms with E-state index >= 15 is 0 Å². The Morgan fingerprint density at radius 3 is 2.38 bits per heavy atom. The van der Waals surface area contributed by atoms with Crippen molar-refractivity contribution < 1.29 is 0 Å². The molecule has 0 radical (unpaired) electrons. The fourth-order valence-corrected chi connectivity index (χ4v) is 1.44. The standard InChI is InChI=1S/C12H14N4/c1-8-3-5-10(6-4-8)15-11-7-9(2)14-12(13)16-11/h3-7H,1-2H3,(H3,13,14,15,16). The van der Waals surface area contributed by atoms with E-state index in [1.807, 2.05) is 37.3 Å². The summed E-state index contributed by atoms with van der Waals surface area (Å²) < 4.78 is 0. The van der Waals surface area contributed by atoms with E-state index in [0.29, 0.717) is 5.82 Å². The first-order valence-corrected chi connectivity index (χ1v) is 5.08. The third kappa shape index (κ3) is 2.48. The highest BCUT2D eigenvalue weighted by molar-refractivity contribution is 5.57. The number of nitrogens with zero attached hydrogens (tertiary/aromatic N) is 2. The molecule has 1 heterocycles. The summed E-state index contributed by atoms with van der Waals surface area (Å²) in [7, 11) is 0. The molecule has 0 bridgehead atoms. The highest BCUT2D eigenvalue weighted by atomic mass is 15.1. The number of nitrogens with one attached hydrogen (secondary N) is 1. The van der Waals surface area contributed by atoms with Gasteiger partial charge in [-0.1, -0.05) is 17.7 Å². The number of nitrogen functional groups attached to an aromatic ring is 1. The molecule has 16 heavy (non-hydrogen) atoms. The Hall–Kier alpha value is -2.10. The molecule has 0 saturated carbocycles. The Kier molecular flexibility index (Phi) is 2.72. The molecule has 0 unspecified atom stereocenters. The first-order valence-electron chi connectivity index (χ1n) is 5.08. The highest BCUT2D eigenvalue weighted by Crippen LogP contribution is 2.16. The van der Waals surface area contributed by atoms with Crippen molar-refractivity contribution in [3.8, 4) is 0 Å². The molecule has 4 heteroatoms. The van der Waals surface area contributed by atoms with Crippen molar-refractivity contribution in [3.05, 3.63) is 41.6 Å². The van der Waals surface area contributed by atoms with E-state index in [0.717, 1.165) is 11.4 Å². The van der Waals surface area contributed by atoms with Gasteiger partial charge in [0.2, 0.25) is 5.95 Å². The number of aryl methyl sites for hydroxylation is 2. The van der Waals surface area contributed by atoms with E-state index in [1.54, 1.807) is 0 Å². The van der Waals surface area contributed by atoms with Gasteiger partial charge in [0, 0.05) is 17.4 Å². The first kappa shape index (κ1) is 10.4. The molecule has 2 rings (SSSR count). The number of aromatic nitrogens is 2. The molecule has 0 amide bonds. The van der Waals surface area contributed by atoms with Crippen molar-refractivity contribution >= 4 is 17.5 Å². The number of benzene rings is 1. The van der Waals surface area contributed by atoms with Crippen LogP contribution in [0.25, 0.3) is 0 Å². The molecule has 4 nitrogen and oxygen atoms in total. The summed E-state index contributed by atoms with van der Waals surface area (Å²) in [6.07, 6.45) is 0. The molecule has 0 atom stereocenters. The Balaban J connectivity index is 2.23. The lowest BCUT2D eigenvalue weighted by molar-refractivity contribution is 1.12. The van der Waals surface area contributed by atoms with Crippen LogP contribution in [-0.4, -0.2) is 9.97 Å². The van der Waals surface area contributed by atoms with E-state index in [-0.39, 0.29) is 5.95 Å². The minimum atomic E-state index is 0.287. The Bertz CT molecular complexity index is 471. The van der Waals surface area contributed by atoms with Crippen LogP contribution in [0.3, 0.4) is 0 Å². The lowest BCUT2D eigenvalue weighted by Gasteiger charge is -2.06. The molecule has 3 N–H and O–H groups in total. The maximum absolute atomic E-state index is 5.57. The van der Waals surface area contributed by atoms with Gasteiger partial charge in [-0.2, -0.15) is 4.98 Å². The molecule has 0 aliphatic carbocycles. The molecule has 0 saturated heterocycles. The van der Waals surface area contributed by atoms with Crippen molar-refractivity contribution in [2.24, 2.45) is 0 Å². The maximum atomic E-state index is 5.57. The Morgan fingerprint density at radius 1 is 1.06 bits per heavy atom. The number of hydrogen-bond donors (Lipinski definition) is 2. The van der Waals surface area contributed by atoms with Crippen LogP contribution >= 0.6 is 0 Å². The summed E-state index contributed by atoms with van der Waals surface area (Å²) in [6.45, 7) is 3.94. The SMILES string of the molecule is Cc1ccc(Nc2cc(C)nc(N)n2)cc1. The van der Waals surface area contributed by atoms with E-state index in [4.69, 9.17) is 5.73 Å². The predicted molar refractivity (Wildman–Crippen MR) is 65.6 cm³/mol. The number of hydrogen-bond acceptors (Lipinski definition) is 4. The molecule has 0 fully saturated rings. The van der Waals surface area contributed by atoms with Gasteiger partial charge in [0.15, 0.2) is 0 Å². The summed E-state index contributed by atoms with van der Waals surface area (Å²) in [4.78, 5) is 8.12. The zero-order valence-corrected chi connectivity index (χ0v) is 9.36. The van der Waals surface area contributed by atoms with Crippen molar-refractivity contribution in [2.45, 2.75) is 13.8 Å². The molecule has 1 aromatic heterocycles. The fraction of sp³-hybridized carbons (Fsp3) is 0.167. The van der Waals surface area contributed by atoms with Crippen LogP contribution in [0.4, 0.5) is 17.5 Å². The summed E-state index contributed by atoms with van der Waals surface area (Å²) >= 11 is 0. The Labute approximate surface area is 94.5 Å². The normalized spacial score (nSPS) is 10.1. The van der Waals surface area contributed by atoms with Crippen LogP contribution < -0.4 is 11.1 Å². The topological polar surface area (TPSA) is 63.8 Å². The highest BCUT2D eigenvalue weighted by Gasteiger charge is 1.99. The lowest BCUT2D eigenvalue weighted by atomic mass is 10.2. The smallest absolute Gasteiger partial charge is 0.222 e. The Morgan fingerprint density at radius 2 is 1.75 bits per heavy atom. The summed E-state index contributed by atoms with van der Waals surface area (Å²) in [5.74, 6) is 1.00. The first-order chi connectivity index (χ1) is 7.63. The van der Waals surface area contributed by atoms with Crippen LogP contribution in [-0.2, 0) is 0 Å². The number of anilines is 3. The second kappa shape index (κ2) is 4.18. The van der Waals surface area contributed by atoms with Gasteiger partial charge < -0.3 is 11.1 Å². The van der Waals surface area contributed by atoms with Crippen molar-refractivity contribution in [1.29, 1.82) is 0 Å². The van der Waals surface area contributed by atoms with E-state index in [2.05, 4.69) is 22.2 Å². The minimum absolute atomic E-state index is 0.287. The number of nitrogens with two attached hydrogens (primary N) is 1. The van der Waals surface area contributed by atoms with E-state index in [1.165, 1.54) is 5.56 Å². The molecular weight excluding hydrogens is 200 g/mol. The average molecular weight is 214 g/mol. The van der Waals surface area contributed by atoms with Crippen LogP contribution in [0.1, 0.15) is 11.3 Å². The molecule has 0 spiro atoms. The van der Waals surface area contributed by atoms with Gasteiger partial charge in [-0.05, 0) is 26.0 Å². The van der Waals surface area contributed by atoms with Gasteiger partial charge in [0.25, 0.3) is 0 Å². The van der Waals surface area contributed by atoms with Gasteiger partial charge in [-0.15, -0.1) is 0 Å². The minimum Gasteiger partial charge on any atom is -0.368 e. The third-order valence-electron chi connectivity index (χ3n) is 2.20. The second-order valence-corrected chi connectivity index (χ2v) is 3.74. The summed E-state index contributed by atoms with van der Waals surface area (Å²) in [5.41, 5.74) is 8.64. The molecule has 0 aliphatic rings. The third-order valence-corrected chi connectivity index (χ3v) is 2.20. The fourth-order valence-electron chi connectivity index (χ4n) is 1.44. The molecule has 1 aromatic carbocycles. The summed E-state index contributed by atoms with van der Waals surface area (Å²) in [6, 6.07) is 9.95. The van der Waals surface area contributed by atoms with Crippen LogP contribution in [0.15, 0.2) is 30.3 Å². The quantitative estimate of drug-likeness (QED) is 0.805. The number of rotatable bonds is 2. The van der Waals surface area contributed by atoms with E-state index < -0.39 is 0 Å². The molecule has 2 aromatic rings. The van der Waals surface area contributed by atoms with Gasteiger partial charge in [-0.25, -0.2) is 4.98 Å². The van der Waals surface area contributed by atoms with Crippen LogP contribution in [0.2, 0.25) is 0 Å². The molecule has 0 aliphatic heterocycles. The maximum Gasteiger partial charge on any atom is 0.222 e. The van der Waals surface area contributed by atoms with Crippen molar-refractivity contribution in [3.63, 3.8) is 0 Å². The van der Waals surface area contributed by atoms with Gasteiger partial charge >= 0.3 is 0 Å². The van der Waals surface area contributed by atoms with Crippen LogP contribution in [0.5, 0.6) is 0 Å². The lowest BCUT2D eigenvalue weighted by Crippen LogP contribution is -2.01. The van der Waals surface area contributed by atoms with E-state index in [9.17, 15) is 0 Å². The molecular formula is C12H14N4.